The molecule has 0 amide bonds. The molecule has 2 aromatic carbocycles. The van der Waals surface area contributed by atoms with Gasteiger partial charge in [-0.15, -0.1) is 0 Å². The van der Waals surface area contributed by atoms with Crippen LogP contribution in [0.1, 0.15) is 30.0 Å². The van der Waals surface area contributed by atoms with Gasteiger partial charge in [-0.05, 0) is 56.0 Å². The number of aryl methyl sites for hydroxylation is 2. The Morgan fingerprint density at radius 2 is 1.86 bits per heavy atom. The lowest BCUT2D eigenvalue weighted by molar-refractivity contribution is 0.468. The van der Waals surface area contributed by atoms with Gasteiger partial charge in [0.05, 0.1) is 0 Å². The number of benzene rings is 2. The van der Waals surface area contributed by atoms with Gasteiger partial charge in [0.1, 0.15) is 11.5 Å². The Balaban J connectivity index is 2.32. The second-order valence-corrected chi connectivity index (χ2v) is 5.93. The first-order valence-electron chi connectivity index (χ1n) is 7.28. The van der Waals surface area contributed by atoms with Crippen LogP contribution in [0.5, 0.6) is 11.5 Å². The molecule has 0 heterocycles. The summed E-state index contributed by atoms with van der Waals surface area (Å²) in [5.74, 6) is 1.65. The van der Waals surface area contributed by atoms with Crippen molar-refractivity contribution in [3.8, 4) is 11.5 Å². The molecule has 0 aliphatic heterocycles. The minimum Gasteiger partial charge on any atom is -0.457 e. The predicted octanol–water partition coefficient (Wildman–Crippen LogP) is 5.03. The molecule has 1 atom stereocenters. The van der Waals surface area contributed by atoms with Crippen molar-refractivity contribution in [2.24, 2.45) is 5.73 Å². The Kier molecular flexibility index (Phi) is 5.27. The first-order chi connectivity index (χ1) is 9.99. The number of nitrogens with two attached hydrogens (primary N) is 1. The number of halogens is 1. The summed E-state index contributed by atoms with van der Waals surface area (Å²) in [7, 11) is 0. The smallest absolute Gasteiger partial charge is 0.131 e. The fraction of sp³-hybridized carbons (Fsp3) is 0.333. The van der Waals surface area contributed by atoms with Crippen molar-refractivity contribution in [3.05, 3.63) is 58.1 Å². The standard InChI is InChI=1S/C18H22ClNO/c1-4-16(20)10-14-9-12(2)5-8-17(14)21-18-11-15(19)7-6-13(18)3/h5-9,11,16H,4,10,20H2,1-3H3. The van der Waals surface area contributed by atoms with Gasteiger partial charge in [0.15, 0.2) is 0 Å². The summed E-state index contributed by atoms with van der Waals surface area (Å²) in [5.41, 5.74) is 9.51. The minimum absolute atomic E-state index is 0.148. The minimum atomic E-state index is 0.148. The molecule has 0 saturated carbocycles. The molecule has 2 nitrogen and oxygen atoms in total. The molecule has 0 aliphatic carbocycles. The van der Waals surface area contributed by atoms with Crippen molar-refractivity contribution in [2.75, 3.05) is 0 Å². The molecule has 0 aromatic heterocycles. The van der Waals surface area contributed by atoms with Gasteiger partial charge in [-0.2, -0.15) is 0 Å². The molecule has 2 rings (SSSR count). The summed E-state index contributed by atoms with van der Waals surface area (Å²) in [5, 5.41) is 0.675. The Labute approximate surface area is 131 Å². The highest BCUT2D eigenvalue weighted by atomic mass is 35.5. The largest absolute Gasteiger partial charge is 0.457 e. The summed E-state index contributed by atoms with van der Waals surface area (Å²) in [6, 6.07) is 12.0. The lowest BCUT2D eigenvalue weighted by Gasteiger charge is -2.16. The molecule has 112 valence electrons. The summed E-state index contributed by atoms with van der Waals surface area (Å²) in [6.07, 6.45) is 1.76. The molecule has 0 spiro atoms. The van der Waals surface area contributed by atoms with Crippen LogP contribution < -0.4 is 10.5 Å². The van der Waals surface area contributed by atoms with E-state index < -0.39 is 0 Å². The SMILES string of the molecule is CCC(N)Cc1cc(C)ccc1Oc1cc(Cl)ccc1C. The van der Waals surface area contributed by atoms with Crippen molar-refractivity contribution in [1.29, 1.82) is 0 Å². The maximum Gasteiger partial charge on any atom is 0.131 e. The second-order valence-electron chi connectivity index (χ2n) is 5.50. The molecule has 1 unspecified atom stereocenters. The van der Waals surface area contributed by atoms with Gasteiger partial charge in [0.25, 0.3) is 0 Å². The van der Waals surface area contributed by atoms with E-state index in [1.165, 1.54) is 5.56 Å². The van der Waals surface area contributed by atoms with E-state index >= 15 is 0 Å². The van der Waals surface area contributed by atoms with Crippen LogP contribution in [0.3, 0.4) is 0 Å². The fourth-order valence-electron chi connectivity index (χ4n) is 2.20. The molecule has 2 N–H and O–H groups in total. The maximum absolute atomic E-state index is 6.09. The van der Waals surface area contributed by atoms with Crippen molar-refractivity contribution >= 4 is 11.6 Å². The molecule has 0 bridgehead atoms. The van der Waals surface area contributed by atoms with Gasteiger partial charge in [-0.25, -0.2) is 0 Å². The first-order valence-corrected chi connectivity index (χ1v) is 7.66. The Morgan fingerprint density at radius 3 is 2.57 bits per heavy atom. The molecule has 0 aliphatic rings. The third-order valence-electron chi connectivity index (χ3n) is 3.59. The summed E-state index contributed by atoms with van der Waals surface area (Å²) in [4.78, 5) is 0. The summed E-state index contributed by atoms with van der Waals surface area (Å²) in [6.45, 7) is 6.19. The predicted molar refractivity (Wildman–Crippen MR) is 89.4 cm³/mol. The molecule has 0 fully saturated rings. The van der Waals surface area contributed by atoms with Gasteiger partial charge < -0.3 is 10.5 Å². The average molecular weight is 304 g/mol. The van der Waals surface area contributed by atoms with E-state index in [1.807, 2.05) is 31.2 Å². The molecular weight excluding hydrogens is 282 g/mol. The van der Waals surface area contributed by atoms with E-state index in [2.05, 4.69) is 26.0 Å². The first kappa shape index (κ1) is 15.9. The molecule has 2 aromatic rings. The zero-order valence-corrected chi connectivity index (χ0v) is 13.6. The normalized spacial score (nSPS) is 12.2. The molecule has 0 saturated heterocycles. The third-order valence-corrected chi connectivity index (χ3v) is 3.83. The molecule has 3 heteroatoms. The van der Waals surface area contributed by atoms with Gasteiger partial charge in [0.2, 0.25) is 0 Å². The number of ether oxygens (including phenoxy) is 1. The van der Waals surface area contributed by atoms with Crippen LogP contribution >= 0.6 is 11.6 Å². The Hall–Kier alpha value is -1.51. The lowest BCUT2D eigenvalue weighted by atomic mass is 10.0. The van der Waals surface area contributed by atoms with Crippen molar-refractivity contribution < 1.29 is 4.74 Å². The summed E-state index contributed by atoms with van der Waals surface area (Å²) >= 11 is 6.05. The maximum atomic E-state index is 6.09. The van der Waals surface area contributed by atoms with E-state index in [-0.39, 0.29) is 6.04 Å². The van der Waals surface area contributed by atoms with Gasteiger partial charge >= 0.3 is 0 Å². The van der Waals surface area contributed by atoms with E-state index in [4.69, 9.17) is 22.1 Å². The van der Waals surface area contributed by atoms with Crippen LogP contribution in [-0.4, -0.2) is 6.04 Å². The highest BCUT2D eigenvalue weighted by molar-refractivity contribution is 6.30. The molecule has 0 radical (unpaired) electrons. The topological polar surface area (TPSA) is 35.2 Å². The van der Waals surface area contributed by atoms with Crippen molar-refractivity contribution in [2.45, 2.75) is 39.7 Å². The van der Waals surface area contributed by atoms with Crippen LogP contribution in [0.25, 0.3) is 0 Å². The van der Waals surface area contributed by atoms with Crippen LogP contribution in [0, 0.1) is 13.8 Å². The van der Waals surface area contributed by atoms with E-state index in [1.54, 1.807) is 0 Å². The number of hydrogen-bond donors (Lipinski definition) is 1. The monoisotopic (exact) mass is 303 g/mol. The highest BCUT2D eigenvalue weighted by Gasteiger charge is 2.11. The van der Waals surface area contributed by atoms with Crippen LogP contribution in [0.2, 0.25) is 5.02 Å². The average Bonchev–Trinajstić information content (AvgIpc) is 2.45. The number of hydrogen-bond acceptors (Lipinski definition) is 2. The Bertz CT molecular complexity index is 625. The Morgan fingerprint density at radius 1 is 1.10 bits per heavy atom. The van der Waals surface area contributed by atoms with Crippen LogP contribution in [0.4, 0.5) is 0 Å². The fourth-order valence-corrected chi connectivity index (χ4v) is 2.36. The quantitative estimate of drug-likeness (QED) is 0.841. The lowest BCUT2D eigenvalue weighted by Crippen LogP contribution is -2.21. The van der Waals surface area contributed by atoms with Gasteiger partial charge in [-0.3, -0.25) is 0 Å². The molecular formula is C18H22ClNO. The van der Waals surface area contributed by atoms with Crippen molar-refractivity contribution in [1.82, 2.24) is 0 Å². The zero-order valence-electron chi connectivity index (χ0n) is 12.8. The van der Waals surface area contributed by atoms with Crippen LogP contribution in [-0.2, 0) is 6.42 Å². The summed E-state index contributed by atoms with van der Waals surface area (Å²) < 4.78 is 6.08. The molecule has 21 heavy (non-hydrogen) atoms. The number of rotatable bonds is 5. The second kappa shape index (κ2) is 6.97. The third kappa shape index (κ3) is 4.23. The zero-order chi connectivity index (χ0) is 15.4. The van der Waals surface area contributed by atoms with Crippen LogP contribution in [0.15, 0.2) is 36.4 Å². The van der Waals surface area contributed by atoms with Gasteiger partial charge in [-0.1, -0.05) is 42.3 Å². The van der Waals surface area contributed by atoms with Crippen molar-refractivity contribution in [3.63, 3.8) is 0 Å². The highest BCUT2D eigenvalue weighted by Crippen LogP contribution is 2.31. The van der Waals surface area contributed by atoms with Gasteiger partial charge in [0, 0.05) is 11.1 Å². The van der Waals surface area contributed by atoms with E-state index in [0.717, 1.165) is 35.5 Å². The van der Waals surface area contributed by atoms with E-state index in [0.29, 0.717) is 5.02 Å². The van der Waals surface area contributed by atoms with E-state index in [9.17, 15) is 0 Å².